The summed E-state index contributed by atoms with van der Waals surface area (Å²) in [5, 5.41) is 84.7. The van der Waals surface area contributed by atoms with Gasteiger partial charge in [0.05, 0.1) is 24.9 Å². The molecule has 5 fully saturated rings. The van der Waals surface area contributed by atoms with Crippen LogP contribution in [0.25, 0.3) is 0 Å². The Morgan fingerprint density at radius 2 is 1.64 bits per heavy atom. The summed E-state index contributed by atoms with van der Waals surface area (Å²) < 4.78 is 32.6. The molecule has 0 spiro atoms. The summed E-state index contributed by atoms with van der Waals surface area (Å²) >= 11 is 3.83. The average Bonchev–Trinajstić information content (AvgIpc) is 3.38. The maximum atomic E-state index is 14.1. The number of nitrogens with zero attached hydrogens (tertiary/aromatic N) is 1. The van der Waals surface area contributed by atoms with Gasteiger partial charge in [-0.1, -0.05) is 73.5 Å². The summed E-state index contributed by atoms with van der Waals surface area (Å²) in [6.07, 6.45) is -8.10. The summed E-state index contributed by atoms with van der Waals surface area (Å²) in [5.41, 5.74) is 2.31. The van der Waals surface area contributed by atoms with Crippen molar-refractivity contribution in [2.75, 3.05) is 65.5 Å². The minimum atomic E-state index is -1.64. The lowest BCUT2D eigenvalue weighted by Crippen LogP contribution is -2.67. The topological polar surface area (TPSA) is 294 Å². The number of carboxylic acid groups (broad SMARTS) is 1. The number of hydrogen-bond acceptors (Lipinski definition) is 18. The first-order valence-corrected chi connectivity index (χ1v) is 28.6. The van der Waals surface area contributed by atoms with E-state index in [0.717, 1.165) is 107 Å². The number of amides is 2. The number of ether oxygens (including phenoxy) is 5. The monoisotopic (exact) mass is 1130 g/mol. The van der Waals surface area contributed by atoms with Crippen molar-refractivity contribution >= 4 is 33.7 Å². The molecule has 5 aliphatic rings. The van der Waals surface area contributed by atoms with Gasteiger partial charge >= 0.3 is 5.97 Å². The standard InChI is InChI=1S/C53H90BrN7O14/c1-5-36-25-38(50(68)59-19-18-57-28-35-13-14-37(39(54)23-35)29-61-21-10-16-56-27-31(2)58-17-9-15-55-20-22-61)26-40(48(36)75-53-47(67)46(66)44(64)32(3)71-53)73-52-43(60-33(4)63)49(45(65)42(30-62)74-52)72-41(51(69)70)24-34-11-7-6-8-12-34/h13-14,23,31-32,34,36,38,40-49,52-53,55-58,62,64-67H,5-12,15-22,24-30H2,1-4H3,(H,59,68)(H,60,63)(H,69,70)/t31?,32?,36?,38?,40?,41-,42?,43?,44?,45?,46?,47?,48?,49?,52?,53?/m0/s1. The minimum absolute atomic E-state index is 0.0517. The summed E-state index contributed by atoms with van der Waals surface area (Å²) in [6, 6.07) is 5.59. The molecule has 3 heterocycles. The second kappa shape index (κ2) is 31.3. The molecule has 22 heteroatoms. The lowest BCUT2D eigenvalue weighted by atomic mass is 9.75. The van der Waals surface area contributed by atoms with Crippen LogP contribution in [0.1, 0.15) is 109 Å². The molecular weight excluding hydrogens is 1040 g/mol. The number of aliphatic hydroxyl groups is 5. The van der Waals surface area contributed by atoms with Crippen LogP contribution in [0.15, 0.2) is 22.7 Å². The molecule has 0 aromatic heterocycles. The molecule has 1 aromatic rings. The number of carbonyl (C=O) groups is 3. The third kappa shape index (κ3) is 18.5. The Labute approximate surface area is 451 Å². The van der Waals surface area contributed by atoms with Gasteiger partial charge in [-0.15, -0.1) is 0 Å². The van der Waals surface area contributed by atoms with Crippen molar-refractivity contribution < 1.29 is 68.7 Å². The van der Waals surface area contributed by atoms with Crippen molar-refractivity contribution in [3.05, 3.63) is 33.8 Å². The van der Waals surface area contributed by atoms with Crippen LogP contribution in [-0.2, 0) is 51.2 Å². The van der Waals surface area contributed by atoms with E-state index in [4.69, 9.17) is 23.7 Å². The first-order valence-electron chi connectivity index (χ1n) is 27.8. The fourth-order valence-corrected chi connectivity index (χ4v) is 11.9. The van der Waals surface area contributed by atoms with Crippen molar-refractivity contribution in [3.8, 4) is 0 Å². The van der Waals surface area contributed by atoms with Gasteiger partial charge in [-0.2, -0.15) is 0 Å². The molecule has 6 rings (SSSR count). The van der Waals surface area contributed by atoms with E-state index in [1.165, 1.54) is 19.4 Å². The van der Waals surface area contributed by atoms with E-state index in [2.05, 4.69) is 77.9 Å². The first-order chi connectivity index (χ1) is 36.1. The summed E-state index contributed by atoms with van der Waals surface area (Å²) in [6.45, 7) is 15.2. The van der Waals surface area contributed by atoms with Crippen LogP contribution in [0, 0.1) is 17.8 Å². The van der Waals surface area contributed by atoms with Crippen LogP contribution in [0.2, 0.25) is 0 Å². The smallest absolute Gasteiger partial charge is 0.332 e. The van der Waals surface area contributed by atoms with E-state index in [-0.39, 0.29) is 24.7 Å². The van der Waals surface area contributed by atoms with Gasteiger partial charge in [0, 0.05) is 69.2 Å². The molecule has 0 bridgehead atoms. The van der Waals surface area contributed by atoms with Crippen LogP contribution < -0.4 is 31.9 Å². The predicted molar refractivity (Wildman–Crippen MR) is 282 cm³/mol. The number of nitrogens with one attached hydrogen (secondary N) is 6. The van der Waals surface area contributed by atoms with Crippen LogP contribution in [0.5, 0.6) is 0 Å². The fraction of sp³-hybridized carbons (Fsp3) is 0.830. The Morgan fingerprint density at radius 3 is 2.36 bits per heavy atom. The molecule has 12 N–H and O–H groups in total. The van der Waals surface area contributed by atoms with E-state index in [1.54, 1.807) is 0 Å². The Kier molecular flexibility index (Phi) is 25.8. The highest BCUT2D eigenvalue weighted by Gasteiger charge is 2.53. The number of carbonyl (C=O) groups excluding carboxylic acids is 2. The maximum Gasteiger partial charge on any atom is 0.332 e. The molecule has 1 aromatic carbocycles. The molecule has 16 atom stereocenters. The number of hydrogen-bond donors (Lipinski definition) is 12. The number of carboxylic acids is 1. The van der Waals surface area contributed by atoms with Gasteiger partial charge in [-0.3, -0.25) is 14.5 Å². The van der Waals surface area contributed by atoms with Gasteiger partial charge in [0.2, 0.25) is 11.8 Å². The molecular formula is C53H90BrN7O14. The fourth-order valence-electron chi connectivity index (χ4n) is 11.3. The molecule has 3 aliphatic heterocycles. The van der Waals surface area contributed by atoms with E-state index in [0.29, 0.717) is 38.5 Å². The van der Waals surface area contributed by atoms with Crippen molar-refractivity contribution in [2.24, 2.45) is 17.8 Å². The van der Waals surface area contributed by atoms with Crippen LogP contribution in [0.4, 0.5) is 0 Å². The maximum absolute atomic E-state index is 14.1. The largest absolute Gasteiger partial charge is 0.479 e. The Bertz CT molecular complexity index is 1890. The first kappa shape index (κ1) is 61.7. The third-order valence-electron chi connectivity index (χ3n) is 15.7. The molecule has 2 saturated carbocycles. The molecule has 2 amide bonds. The van der Waals surface area contributed by atoms with E-state index < -0.39 is 110 Å². The Morgan fingerprint density at radius 1 is 0.867 bits per heavy atom. The van der Waals surface area contributed by atoms with Gasteiger partial charge < -0.3 is 86.2 Å². The number of aliphatic carboxylic acids is 1. The molecule has 0 radical (unpaired) electrons. The summed E-state index contributed by atoms with van der Waals surface area (Å²) in [5.74, 6) is -2.95. The predicted octanol–water partition coefficient (Wildman–Crippen LogP) is 0.834. The van der Waals surface area contributed by atoms with Gasteiger partial charge in [0.15, 0.2) is 18.7 Å². The second-order valence-electron chi connectivity index (χ2n) is 21.6. The summed E-state index contributed by atoms with van der Waals surface area (Å²) in [4.78, 5) is 42.2. The average molecular weight is 1130 g/mol. The lowest BCUT2D eigenvalue weighted by molar-refractivity contribution is -0.338. The zero-order valence-electron chi connectivity index (χ0n) is 44.6. The van der Waals surface area contributed by atoms with Crippen LogP contribution >= 0.6 is 15.9 Å². The summed E-state index contributed by atoms with van der Waals surface area (Å²) in [7, 11) is 0. The molecule has 21 nitrogen and oxygen atoms in total. The highest BCUT2D eigenvalue weighted by Crippen LogP contribution is 2.40. The number of halogens is 1. The van der Waals surface area contributed by atoms with E-state index >= 15 is 0 Å². The Hall–Kier alpha value is -2.49. The van der Waals surface area contributed by atoms with E-state index in [1.807, 2.05) is 6.92 Å². The SMILES string of the molecule is CCC1CC(C(=O)NCCNCc2ccc(CN3CCCNCC(C)NCCCNCC3)c(Br)c2)CC(OC2OC(CO)C(O)C(O[C@@H](CC3CCCCC3)C(=O)O)C2NC(C)=O)C1OC1OC(C)C(O)C(O)C1O. The normalized spacial score (nSPS) is 34.7. The minimum Gasteiger partial charge on any atom is -0.479 e. The second-order valence-corrected chi connectivity index (χ2v) is 22.4. The highest BCUT2D eigenvalue weighted by molar-refractivity contribution is 9.10. The van der Waals surface area contributed by atoms with Crippen molar-refractivity contribution in [2.45, 2.75) is 197 Å². The van der Waals surface area contributed by atoms with Gasteiger partial charge in [-0.05, 0) is 101 Å². The third-order valence-corrected chi connectivity index (χ3v) is 16.4. The Balaban J connectivity index is 1.11. The lowest BCUT2D eigenvalue weighted by Gasteiger charge is -2.49. The number of benzene rings is 1. The molecule has 2 aliphatic carbocycles. The van der Waals surface area contributed by atoms with Gasteiger partial charge in [-0.25, -0.2) is 4.79 Å². The molecule has 428 valence electrons. The molecule has 75 heavy (non-hydrogen) atoms. The van der Waals surface area contributed by atoms with Crippen LogP contribution in [-0.4, -0.2) is 205 Å². The van der Waals surface area contributed by atoms with Crippen molar-refractivity contribution in [3.63, 3.8) is 0 Å². The van der Waals surface area contributed by atoms with Crippen molar-refractivity contribution in [1.82, 2.24) is 36.8 Å². The van der Waals surface area contributed by atoms with Gasteiger partial charge in [0.1, 0.15) is 42.7 Å². The van der Waals surface area contributed by atoms with Crippen molar-refractivity contribution in [1.29, 1.82) is 0 Å². The van der Waals surface area contributed by atoms with E-state index in [9.17, 15) is 45.0 Å². The molecule has 15 unspecified atom stereocenters. The highest BCUT2D eigenvalue weighted by atomic mass is 79.9. The number of rotatable bonds is 20. The zero-order valence-corrected chi connectivity index (χ0v) is 46.2. The molecule has 3 saturated heterocycles. The van der Waals surface area contributed by atoms with Gasteiger partial charge in [0.25, 0.3) is 0 Å². The van der Waals surface area contributed by atoms with Crippen LogP contribution in [0.3, 0.4) is 0 Å². The quantitative estimate of drug-likeness (QED) is 0.0806. The zero-order chi connectivity index (χ0) is 54.0. The number of aliphatic hydroxyl groups excluding tert-OH is 5.